The first-order valence-corrected chi connectivity index (χ1v) is 8.10. The number of ether oxygens (including phenoxy) is 1. The summed E-state index contributed by atoms with van der Waals surface area (Å²) in [6.07, 6.45) is 14.9. The molecule has 0 amide bonds. The van der Waals surface area contributed by atoms with Crippen LogP contribution in [0.15, 0.2) is 0 Å². The van der Waals surface area contributed by atoms with Crippen LogP contribution in [0.5, 0.6) is 0 Å². The summed E-state index contributed by atoms with van der Waals surface area (Å²) in [4.78, 5) is 0. The quantitative estimate of drug-likeness (QED) is 0.769. The minimum atomic E-state index is -0.0833. The first kappa shape index (κ1) is 14.3. The van der Waals surface area contributed by atoms with Gasteiger partial charge in [0.25, 0.3) is 0 Å². The van der Waals surface area contributed by atoms with Crippen LogP contribution < -0.4 is 0 Å². The van der Waals surface area contributed by atoms with Crippen molar-refractivity contribution in [2.45, 2.75) is 102 Å². The number of hydrogen-bond donors (Lipinski definition) is 1. The van der Waals surface area contributed by atoms with Crippen molar-refractivity contribution < 1.29 is 9.84 Å². The smallest absolute Gasteiger partial charge is 0.0687 e. The third kappa shape index (κ3) is 3.96. The molecular formula is C16H30O2. The largest absolute Gasteiger partial charge is 0.393 e. The van der Waals surface area contributed by atoms with Gasteiger partial charge in [0.05, 0.1) is 17.8 Å². The van der Waals surface area contributed by atoms with Gasteiger partial charge in [-0.25, -0.2) is 0 Å². The van der Waals surface area contributed by atoms with Crippen LogP contribution in [0.3, 0.4) is 0 Å². The van der Waals surface area contributed by atoms with Gasteiger partial charge in [-0.15, -0.1) is 0 Å². The molecule has 1 saturated heterocycles. The normalized spacial score (nSPS) is 28.7. The number of rotatable bonds is 6. The average Bonchev–Trinajstić information content (AvgIpc) is 2.74. The maximum Gasteiger partial charge on any atom is 0.0687 e. The molecule has 2 nitrogen and oxygen atoms in total. The zero-order valence-corrected chi connectivity index (χ0v) is 12.0. The van der Waals surface area contributed by atoms with E-state index in [9.17, 15) is 5.11 Å². The van der Waals surface area contributed by atoms with E-state index < -0.39 is 0 Å². The van der Waals surface area contributed by atoms with Gasteiger partial charge in [0.15, 0.2) is 0 Å². The molecule has 0 radical (unpaired) electrons. The van der Waals surface area contributed by atoms with E-state index >= 15 is 0 Å². The molecule has 2 fully saturated rings. The van der Waals surface area contributed by atoms with E-state index in [2.05, 4.69) is 6.92 Å². The molecule has 2 atom stereocenters. The van der Waals surface area contributed by atoms with E-state index in [1.165, 1.54) is 44.9 Å². The van der Waals surface area contributed by atoms with Crippen molar-refractivity contribution in [1.29, 1.82) is 0 Å². The first-order chi connectivity index (χ1) is 8.74. The second kappa shape index (κ2) is 6.91. The third-order valence-corrected chi connectivity index (χ3v) is 4.79. The Labute approximate surface area is 112 Å². The maximum absolute atomic E-state index is 9.72. The zero-order valence-electron chi connectivity index (χ0n) is 12.0. The van der Waals surface area contributed by atoms with Crippen molar-refractivity contribution >= 4 is 0 Å². The van der Waals surface area contributed by atoms with Gasteiger partial charge in [0.1, 0.15) is 0 Å². The lowest BCUT2D eigenvalue weighted by atomic mass is 9.83. The SMILES string of the molecule is CCCC(O)CCCC1CCC2(CCCCC2)O1. The van der Waals surface area contributed by atoms with Gasteiger partial charge in [0.2, 0.25) is 0 Å². The molecule has 1 heterocycles. The van der Waals surface area contributed by atoms with Crippen molar-refractivity contribution in [3.05, 3.63) is 0 Å². The van der Waals surface area contributed by atoms with Gasteiger partial charge in [0, 0.05) is 0 Å². The molecule has 2 aliphatic rings. The minimum Gasteiger partial charge on any atom is -0.393 e. The highest BCUT2D eigenvalue weighted by Crippen LogP contribution is 2.42. The van der Waals surface area contributed by atoms with Crippen LogP contribution in [0.25, 0.3) is 0 Å². The molecule has 106 valence electrons. The van der Waals surface area contributed by atoms with Crippen LogP contribution in [0, 0.1) is 0 Å². The highest BCUT2D eigenvalue weighted by atomic mass is 16.5. The van der Waals surface area contributed by atoms with Crippen LogP contribution in [0.1, 0.15) is 84.0 Å². The van der Waals surface area contributed by atoms with E-state index in [0.717, 1.165) is 32.1 Å². The Morgan fingerprint density at radius 1 is 1.17 bits per heavy atom. The Kier molecular flexibility index (Phi) is 5.50. The van der Waals surface area contributed by atoms with E-state index in [1.807, 2.05) is 0 Å². The highest BCUT2D eigenvalue weighted by molar-refractivity contribution is 4.91. The summed E-state index contributed by atoms with van der Waals surface area (Å²) in [7, 11) is 0. The monoisotopic (exact) mass is 254 g/mol. The Hall–Kier alpha value is -0.0800. The Bertz CT molecular complexity index is 233. The lowest BCUT2D eigenvalue weighted by Crippen LogP contribution is -2.31. The van der Waals surface area contributed by atoms with Crippen molar-refractivity contribution in [3.8, 4) is 0 Å². The van der Waals surface area contributed by atoms with Crippen LogP contribution in [-0.2, 0) is 4.74 Å². The average molecular weight is 254 g/mol. The Morgan fingerprint density at radius 2 is 1.94 bits per heavy atom. The summed E-state index contributed by atoms with van der Waals surface area (Å²) < 4.78 is 6.35. The van der Waals surface area contributed by atoms with Crippen molar-refractivity contribution in [1.82, 2.24) is 0 Å². The summed E-state index contributed by atoms with van der Waals surface area (Å²) in [6.45, 7) is 2.14. The fraction of sp³-hybridized carbons (Fsp3) is 1.00. The van der Waals surface area contributed by atoms with Gasteiger partial charge < -0.3 is 9.84 Å². The molecule has 0 bridgehead atoms. The second-order valence-corrected chi connectivity index (χ2v) is 6.40. The zero-order chi connectivity index (χ0) is 12.8. The molecular weight excluding hydrogens is 224 g/mol. The Morgan fingerprint density at radius 3 is 2.67 bits per heavy atom. The minimum absolute atomic E-state index is 0.0833. The fourth-order valence-electron chi connectivity index (χ4n) is 3.72. The van der Waals surface area contributed by atoms with Crippen LogP contribution >= 0.6 is 0 Å². The van der Waals surface area contributed by atoms with Crippen molar-refractivity contribution in [2.75, 3.05) is 0 Å². The second-order valence-electron chi connectivity index (χ2n) is 6.40. The van der Waals surface area contributed by atoms with Gasteiger partial charge in [-0.05, 0) is 51.4 Å². The van der Waals surface area contributed by atoms with Gasteiger partial charge >= 0.3 is 0 Å². The summed E-state index contributed by atoms with van der Waals surface area (Å²) in [5, 5.41) is 9.72. The van der Waals surface area contributed by atoms with Gasteiger partial charge in [-0.2, -0.15) is 0 Å². The molecule has 0 aromatic carbocycles. The number of hydrogen-bond acceptors (Lipinski definition) is 2. The lowest BCUT2D eigenvalue weighted by molar-refractivity contribution is -0.0666. The number of aliphatic hydroxyl groups is 1. The topological polar surface area (TPSA) is 29.5 Å². The van der Waals surface area contributed by atoms with E-state index in [0.29, 0.717) is 6.10 Å². The summed E-state index contributed by atoms with van der Waals surface area (Å²) >= 11 is 0. The summed E-state index contributed by atoms with van der Waals surface area (Å²) in [6, 6.07) is 0. The summed E-state index contributed by atoms with van der Waals surface area (Å²) in [5.41, 5.74) is 0.269. The van der Waals surface area contributed by atoms with Crippen LogP contribution in [0.2, 0.25) is 0 Å². The molecule has 2 unspecified atom stereocenters. The van der Waals surface area contributed by atoms with Crippen LogP contribution in [-0.4, -0.2) is 22.9 Å². The number of aliphatic hydroxyl groups excluding tert-OH is 1. The molecule has 1 N–H and O–H groups in total. The molecule has 2 rings (SSSR count). The molecule has 0 aromatic rings. The first-order valence-electron chi connectivity index (χ1n) is 8.10. The molecule has 1 saturated carbocycles. The van der Waals surface area contributed by atoms with E-state index in [4.69, 9.17) is 4.74 Å². The van der Waals surface area contributed by atoms with Crippen LogP contribution in [0.4, 0.5) is 0 Å². The fourth-order valence-corrected chi connectivity index (χ4v) is 3.72. The van der Waals surface area contributed by atoms with Crippen molar-refractivity contribution in [2.24, 2.45) is 0 Å². The molecule has 18 heavy (non-hydrogen) atoms. The van der Waals surface area contributed by atoms with E-state index in [1.54, 1.807) is 0 Å². The molecule has 1 aliphatic heterocycles. The standard InChI is InChI=1S/C16H30O2/c1-2-7-14(17)8-6-9-15-10-13-16(18-15)11-4-3-5-12-16/h14-15,17H,2-13H2,1H3. The summed E-state index contributed by atoms with van der Waals surface area (Å²) in [5.74, 6) is 0. The van der Waals surface area contributed by atoms with Gasteiger partial charge in [-0.1, -0.05) is 32.6 Å². The molecule has 1 aliphatic carbocycles. The predicted octanol–water partition coefficient (Wildman–Crippen LogP) is 4.20. The highest BCUT2D eigenvalue weighted by Gasteiger charge is 2.40. The lowest BCUT2D eigenvalue weighted by Gasteiger charge is -2.33. The maximum atomic E-state index is 9.72. The molecule has 2 heteroatoms. The third-order valence-electron chi connectivity index (χ3n) is 4.79. The van der Waals surface area contributed by atoms with Crippen molar-refractivity contribution in [3.63, 3.8) is 0 Å². The molecule has 1 spiro atoms. The molecule has 0 aromatic heterocycles. The predicted molar refractivity (Wildman–Crippen MR) is 74.7 cm³/mol. The van der Waals surface area contributed by atoms with E-state index in [-0.39, 0.29) is 11.7 Å². The van der Waals surface area contributed by atoms with Gasteiger partial charge in [-0.3, -0.25) is 0 Å². The Balaban J connectivity index is 1.63.